The van der Waals surface area contributed by atoms with Crippen LogP contribution in [0.3, 0.4) is 0 Å². The van der Waals surface area contributed by atoms with Crippen molar-refractivity contribution < 1.29 is 14.6 Å². The molecule has 3 aromatic rings. The molecule has 2 N–H and O–H groups in total. The second-order valence-corrected chi connectivity index (χ2v) is 5.70. The van der Waals surface area contributed by atoms with Crippen LogP contribution < -0.4 is 5.32 Å². The Morgan fingerprint density at radius 3 is 2.72 bits per heavy atom. The summed E-state index contributed by atoms with van der Waals surface area (Å²) in [5, 5.41) is 14.9. The first-order valence-electron chi connectivity index (χ1n) is 8.30. The minimum absolute atomic E-state index is 0.0979. The van der Waals surface area contributed by atoms with Gasteiger partial charge in [0.15, 0.2) is 5.69 Å². The van der Waals surface area contributed by atoms with Crippen LogP contribution in [0.15, 0.2) is 54.7 Å². The van der Waals surface area contributed by atoms with Gasteiger partial charge in [0.05, 0.1) is 18.0 Å². The summed E-state index contributed by atoms with van der Waals surface area (Å²) in [6.45, 7) is 2.40. The fourth-order valence-corrected chi connectivity index (χ4v) is 2.54. The molecular formula is C20H20N2O3. The molecule has 0 saturated heterocycles. The van der Waals surface area contributed by atoms with E-state index in [4.69, 9.17) is 4.74 Å². The largest absolute Gasteiger partial charge is 0.506 e. The highest BCUT2D eigenvalue weighted by Crippen LogP contribution is 2.32. The summed E-state index contributed by atoms with van der Waals surface area (Å²) in [5.74, 6) is -0.377. The quantitative estimate of drug-likeness (QED) is 0.390. The minimum Gasteiger partial charge on any atom is -0.506 e. The molecule has 25 heavy (non-hydrogen) atoms. The molecule has 1 heterocycles. The molecule has 0 aliphatic rings. The topological polar surface area (TPSA) is 71.5 Å². The molecule has 5 nitrogen and oxygen atoms in total. The van der Waals surface area contributed by atoms with Gasteiger partial charge in [-0.1, -0.05) is 49.7 Å². The first-order valence-corrected chi connectivity index (χ1v) is 8.30. The summed E-state index contributed by atoms with van der Waals surface area (Å²) in [5.41, 5.74) is 1.24. The van der Waals surface area contributed by atoms with Crippen LogP contribution in [0, 0.1) is 0 Å². The van der Waals surface area contributed by atoms with Crippen molar-refractivity contribution in [3.63, 3.8) is 0 Å². The smallest absolute Gasteiger partial charge is 0.359 e. The van der Waals surface area contributed by atoms with E-state index in [1.54, 1.807) is 30.5 Å². The summed E-state index contributed by atoms with van der Waals surface area (Å²) < 4.78 is 5.32. The van der Waals surface area contributed by atoms with Crippen LogP contribution in [0.1, 0.15) is 30.3 Å². The molecule has 0 atom stereocenters. The highest BCUT2D eigenvalue weighted by Gasteiger charge is 2.18. The fraction of sp³-hybridized carbons (Fsp3) is 0.200. The summed E-state index contributed by atoms with van der Waals surface area (Å²) in [7, 11) is 0. The maximum atomic E-state index is 12.5. The predicted octanol–water partition coefficient (Wildman–Crippen LogP) is 4.64. The van der Waals surface area contributed by atoms with Crippen LogP contribution in [0.25, 0.3) is 10.8 Å². The Bertz CT molecular complexity index is 893. The van der Waals surface area contributed by atoms with Crippen molar-refractivity contribution in [2.24, 2.45) is 0 Å². The van der Waals surface area contributed by atoms with E-state index < -0.39 is 5.97 Å². The Kier molecular flexibility index (Phi) is 5.14. The number of fused-ring (bicyclic) bond motifs is 1. The van der Waals surface area contributed by atoms with Crippen LogP contribution >= 0.6 is 0 Å². The van der Waals surface area contributed by atoms with Crippen molar-refractivity contribution in [2.45, 2.75) is 19.8 Å². The number of benzene rings is 2. The molecule has 0 aliphatic carbocycles. The number of nitrogens with one attached hydrogen (secondary N) is 1. The number of pyridine rings is 1. The van der Waals surface area contributed by atoms with Crippen LogP contribution in [0.5, 0.6) is 5.75 Å². The Morgan fingerprint density at radius 1 is 1.16 bits per heavy atom. The van der Waals surface area contributed by atoms with E-state index in [1.807, 2.05) is 31.2 Å². The molecule has 1 aromatic heterocycles. The molecule has 0 amide bonds. The highest BCUT2D eigenvalue weighted by molar-refractivity contribution is 6.05. The van der Waals surface area contributed by atoms with E-state index in [0.29, 0.717) is 18.0 Å². The maximum Gasteiger partial charge on any atom is 0.359 e. The molecule has 0 spiro atoms. The van der Waals surface area contributed by atoms with E-state index in [2.05, 4.69) is 10.3 Å². The van der Waals surface area contributed by atoms with E-state index in [9.17, 15) is 9.90 Å². The van der Waals surface area contributed by atoms with E-state index >= 15 is 0 Å². The zero-order chi connectivity index (χ0) is 17.6. The van der Waals surface area contributed by atoms with Gasteiger partial charge in [0.2, 0.25) is 0 Å². The monoisotopic (exact) mass is 336 g/mol. The number of phenolic OH excluding ortho intramolecular Hbond substituents is 1. The second kappa shape index (κ2) is 7.66. The standard InChI is InChI=1S/C20H20N2O3/c1-2-3-12-25-20(24)19-18(22-16-10-6-7-11-17(16)23)15-9-5-4-8-14(15)13-21-19/h4-11,13,22-23H,2-3,12H2,1H3. The Hall–Kier alpha value is -3.08. The minimum atomic E-state index is -0.475. The SMILES string of the molecule is CCCCOC(=O)c1ncc2ccccc2c1Nc1ccccc1O. The van der Waals surface area contributed by atoms with Gasteiger partial charge in [-0.05, 0) is 18.6 Å². The van der Waals surface area contributed by atoms with Crippen molar-refractivity contribution in [1.29, 1.82) is 0 Å². The van der Waals surface area contributed by atoms with Crippen LogP contribution in [0.4, 0.5) is 11.4 Å². The molecular weight excluding hydrogens is 316 g/mol. The molecule has 0 saturated carbocycles. The number of para-hydroxylation sites is 2. The normalized spacial score (nSPS) is 10.6. The number of hydrogen-bond donors (Lipinski definition) is 2. The summed E-state index contributed by atoms with van der Waals surface area (Å²) in [4.78, 5) is 16.8. The summed E-state index contributed by atoms with van der Waals surface area (Å²) in [6, 6.07) is 14.5. The lowest BCUT2D eigenvalue weighted by Crippen LogP contribution is -2.11. The molecule has 0 radical (unpaired) electrons. The van der Waals surface area contributed by atoms with Crippen molar-refractivity contribution in [2.75, 3.05) is 11.9 Å². The number of phenols is 1. The van der Waals surface area contributed by atoms with Crippen molar-refractivity contribution in [3.05, 3.63) is 60.4 Å². The van der Waals surface area contributed by atoms with Crippen LogP contribution in [0.2, 0.25) is 0 Å². The van der Waals surface area contributed by atoms with Crippen LogP contribution in [-0.4, -0.2) is 22.7 Å². The molecule has 5 heteroatoms. The lowest BCUT2D eigenvalue weighted by atomic mass is 10.1. The van der Waals surface area contributed by atoms with E-state index in [-0.39, 0.29) is 11.4 Å². The van der Waals surface area contributed by atoms with Gasteiger partial charge in [0, 0.05) is 17.0 Å². The third-order valence-electron chi connectivity index (χ3n) is 3.89. The Morgan fingerprint density at radius 2 is 1.92 bits per heavy atom. The Labute approximate surface area is 146 Å². The van der Waals surface area contributed by atoms with Crippen molar-refractivity contribution >= 4 is 28.1 Å². The third-order valence-corrected chi connectivity index (χ3v) is 3.89. The van der Waals surface area contributed by atoms with E-state index in [1.165, 1.54) is 0 Å². The average molecular weight is 336 g/mol. The van der Waals surface area contributed by atoms with Gasteiger partial charge in [0.1, 0.15) is 5.75 Å². The summed E-state index contributed by atoms with van der Waals surface area (Å²) >= 11 is 0. The van der Waals surface area contributed by atoms with Crippen LogP contribution in [-0.2, 0) is 4.74 Å². The zero-order valence-corrected chi connectivity index (χ0v) is 14.0. The number of carbonyl (C=O) groups excluding carboxylic acids is 1. The Balaban J connectivity index is 2.04. The van der Waals surface area contributed by atoms with E-state index in [0.717, 1.165) is 23.6 Å². The molecule has 0 unspecified atom stereocenters. The molecule has 0 bridgehead atoms. The van der Waals surface area contributed by atoms with Gasteiger partial charge in [-0.25, -0.2) is 9.78 Å². The molecule has 128 valence electrons. The molecule has 0 fully saturated rings. The lowest BCUT2D eigenvalue weighted by molar-refractivity contribution is 0.0494. The number of ether oxygens (including phenoxy) is 1. The highest BCUT2D eigenvalue weighted by atomic mass is 16.5. The summed E-state index contributed by atoms with van der Waals surface area (Å²) in [6.07, 6.45) is 3.41. The van der Waals surface area contributed by atoms with Crippen molar-refractivity contribution in [3.8, 4) is 5.75 Å². The van der Waals surface area contributed by atoms with Gasteiger partial charge in [-0.15, -0.1) is 0 Å². The lowest BCUT2D eigenvalue weighted by Gasteiger charge is -2.14. The van der Waals surface area contributed by atoms with Crippen molar-refractivity contribution in [1.82, 2.24) is 4.98 Å². The van der Waals surface area contributed by atoms with Gasteiger partial charge in [0.25, 0.3) is 0 Å². The molecule has 0 aliphatic heterocycles. The molecule has 3 rings (SSSR count). The maximum absolute atomic E-state index is 12.5. The number of nitrogens with zero attached hydrogens (tertiary/aromatic N) is 1. The fourth-order valence-electron chi connectivity index (χ4n) is 2.54. The van der Waals surface area contributed by atoms with Gasteiger partial charge in [-0.3, -0.25) is 0 Å². The third kappa shape index (κ3) is 3.71. The number of aromatic nitrogens is 1. The first-order chi connectivity index (χ1) is 12.2. The van der Waals surface area contributed by atoms with Gasteiger partial charge in [-0.2, -0.15) is 0 Å². The van der Waals surface area contributed by atoms with Gasteiger partial charge < -0.3 is 15.2 Å². The number of rotatable bonds is 6. The second-order valence-electron chi connectivity index (χ2n) is 5.70. The number of esters is 1. The number of unbranched alkanes of at least 4 members (excludes halogenated alkanes) is 1. The zero-order valence-electron chi connectivity index (χ0n) is 14.0. The first kappa shape index (κ1) is 16.8. The number of aromatic hydroxyl groups is 1. The number of anilines is 2. The predicted molar refractivity (Wildman–Crippen MR) is 98.3 cm³/mol. The number of hydrogen-bond acceptors (Lipinski definition) is 5. The average Bonchev–Trinajstić information content (AvgIpc) is 2.64. The molecule has 2 aromatic carbocycles. The van der Waals surface area contributed by atoms with Gasteiger partial charge >= 0.3 is 5.97 Å². The number of carbonyl (C=O) groups is 1.